The van der Waals surface area contributed by atoms with Crippen molar-refractivity contribution < 1.29 is 24.1 Å². The average molecular weight is 512 g/mol. The van der Waals surface area contributed by atoms with E-state index in [0.717, 1.165) is 0 Å². The van der Waals surface area contributed by atoms with Crippen LogP contribution in [0.15, 0.2) is 30.3 Å². The molecule has 7 nitrogen and oxygen atoms in total. The van der Waals surface area contributed by atoms with Gasteiger partial charge >= 0.3 is 13.6 Å². The van der Waals surface area contributed by atoms with Gasteiger partial charge in [-0.05, 0) is 12.0 Å². The first kappa shape index (κ1) is 28.9. The Morgan fingerprint density at radius 1 is 1.14 bits per heavy atom. The fourth-order valence-electron chi connectivity index (χ4n) is 2.02. The molecule has 0 saturated heterocycles. The number of halogens is 4. The van der Waals surface area contributed by atoms with Crippen molar-refractivity contribution in [2.45, 2.75) is 11.8 Å². The summed E-state index contributed by atoms with van der Waals surface area (Å²) in [5.74, 6) is -0.112. The van der Waals surface area contributed by atoms with Crippen molar-refractivity contribution in [3.8, 4) is 0 Å². The Balaban J connectivity index is 0.000000604. The zero-order valence-corrected chi connectivity index (χ0v) is 19.8. The van der Waals surface area contributed by atoms with Crippen LogP contribution in [0.25, 0.3) is 0 Å². The SMILES string of the molecule is O=C(O)C(Cl)c1ccccc1.O=P(NCCCO)(OCCCl)N(CCCl)CCCl. The van der Waals surface area contributed by atoms with E-state index in [4.69, 9.17) is 61.1 Å². The van der Waals surface area contributed by atoms with Gasteiger partial charge in [-0.15, -0.1) is 46.4 Å². The monoisotopic (exact) mass is 510 g/mol. The van der Waals surface area contributed by atoms with Crippen molar-refractivity contribution in [1.29, 1.82) is 0 Å². The molecule has 3 N–H and O–H groups in total. The lowest BCUT2D eigenvalue weighted by atomic mass is 10.1. The van der Waals surface area contributed by atoms with Gasteiger partial charge in [-0.2, -0.15) is 0 Å². The molecule has 0 radical (unpaired) electrons. The quantitative estimate of drug-likeness (QED) is 0.196. The Labute approximate surface area is 191 Å². The topological polar surface area (TPSA) is 99.1 Å². The van der Waals surface area contributed by atoms with Crippen molar-refractivity contribution in [2.75, 3.05) is 50.5 Å². The molecular formula is C17H27Cl4N2O5P. The van der Waals surface area contributed by atoms with Crippen molar-refractivity contribution >= 4 is 60.0 Å². The molecule has 0 bridgehead atoms. The van der Waals surface area contributed by atoms with E-state index < -0.39 is 19.0 Å². The molecule has 0 saturated carbocycles. The zero-order valence-electron chi connectivity index (χ0n) is 15.9. The molecule has 0 heterocycles. The van der Waals surface area contributed by atoms with Crippen LogP contribution < -0.4 is 5.09 Å². The fourth-order valence-corrected chi connectivity index (χ4v) is 4.95. The van der Waals surface area contributed by atoms with E-state index in [2.05, 4.69) is 5.09 Å². The third-order valence-electron chi connectivity index (χ3n) is 3.36. The predicted molar refractivity (Wildman–Crippen MR) is 120 cm³/mol. The summed E-state index contributed by atoms with van der Waals surface area (Å²) in [6, 6.07) is 8.70. The van der Waals surface area contributed by atoms with Crippen molar-refractivity contribution in [3.05, 3.63) is 35.9 Å². The highest BCUT2D eigenvalue weighted by atomic mass is 35.5. The van der Waals surface area contributed by atoms with E-state index in [-0.39, 0.29) is 19.1 Å². The molecule has 0 aromatic heterocycles. The van der Waals surface area contributed by atoms with Crippen LogP contribution in [0.2, 0.25) is 0 Å². The summed E-state index contributed by atoms with van der Waals surface area (Å²) in [4.78, 5) is 10.4. The number of rotatable bonds is 14. The molecule has 0 aliphatic heterocycles. The van der Waals surface area contributed by atoms with Crippen LogP contribution in [0.1, 0.15) is 17.4 Å². The molecule has 0 fully saturated rings. The van der Waals surface area contributed by atoms with Crippen molar-refractivity contribution in [2.24, 2.45) is 0 Å². The lowest BCUT2D eigenvalue weighted by Gasteiger charge is -2.30. The van der Waals surface area contributed by atoms with Gasteiger partial charge in [0.15, 0.2) is 5.38 Å². The first-order valence-electron chi connectivity index (χ1n) is 8.82. The predicted octanol–water partition coefficient (Wildman–Crippen LogP) is 4.15. The molecule has 0 spiro atoms. The van der Waals surface area contributed by atoms with E-state index >= 15 is 0 Å². The third-order valence-corrected chi connectivity index (χ3v) is 6.59. The van der Waals surface area contributed by atoms with E-state index in [1.54, 1.807) is 28.9 Å². The number of carboxylic acids is 1. The largest absolute Gasteiger partial charge is 0.480 e. The second-order valence-electron chi connectivity index (χ2n) is 5.47. The molecule has 0 amide bonds. The number of carboxylic acid groups (broad SMARTS) is 1. The molecule has 168 valence electrons. The summed E-state index contributed by atoms with van der Waals surface area (Å²) < 4.78 is 19.6. The summed E-state index contributed by atoms with van der Waals surface area (Å²) in [5, 5.41) is 19.1. The van der Waals surface area contributed by atoms with Gasteiger partial charge in [0, 0.05) is 43.9 Å². The Morgan fingerprint density at radius 2 is 1.72 bits per heavy atom. The summed E-state index contributed by atoms with van der Waals surface area (Å²) in [5.41, 5.74) is 0.613. The van der Waals surface area contributed by atoms with Gasteiger partial charge in [0.25, 0.3) is 0 Å². The maximum atomic E-state index is 12.7. The highest BCUT2D eigenvalue weighted by Gasteiger charge is 2.30. The van der Waals surface area contributed by atoms with Crippen molar-refractivity contribution in [1.82, 2.24) is 9.76 Å². The minimum Gasteiger partial charge on any atom is -0.480 e. The standard InChI is InChI=1S/C9H20Cl3N2O3P.C8H7ClO2/c10-2-6-14(7-3-11)18(16,17-9-4-12)13-5-1-8-15;9-7(8(10)11)6-4-2-1-3-5-6/h15H,1-9H2,(H,13,16);1-5,7H,(H,10,11). The summed E-state index contributed by atoms with van der Waals surface area (Å²) in [6.07, 6.45) is 0.490. The molecule has 0 aliphatic carbocycles. The summed E-state index contributed by atoms with van der Waals surface area (Å²) in [7, 11) is -3.19. The second-order valence-corrected chi connectivity index (χ2v) is 9.22. The molecule has 1 rings (SSSR count). The van der Waals surface area contributed by atoms with Gasteiger partial charge in [-0.3, -0.25) is 9.36 Å². The van der Waals surface area contributed by atoms with Gasteiger partial charge in [-0.1, -0.05) is 30.3 Å². The smallest absolute Gasteiger partial charge is 0.343 e. The first-order chi connectivity index (χ1) is 13.9. The first-order valence-corrected chi connectivity index (χ1v) is 12.4. The minimum atomic E-state index is -3.19. The highest BCUT2D eigenvalue weighted by molar-refractivity contribution is 7.54. The number of nitrogens with zero attached hydrogens (tertiary/aromatic N) is 1. The van der Waals surface area contributed by atoms with E-state index in [1.165, 1.54) is 0 Å². The Bertz CT molecular complexity index is 594. The normalized spacial score (nSPS) is 14.0. The molecule has 2 atom stereocenters. The molecule has 1 aromatic carbocycles. The number of carbonyl (C=O) groups is 1. The Kier molecular flexibility index (Phi) is 17.5. The summed E-state index contributed by atoms with van der Waals surface area (Å²) >= 11 is 22.4. The number of nitrogens with one attached hydrogen (secondary N) is 1. The van der Waals surface area contributed by atoms with Crippen LogP contribution in [0.3, 0.4) is 0 Å². The van der Waals surface area contributed by atoms with Crippen LogP contribution in [0.5, 0.6) is 0 Å². The minimum absolute atomic E-state index is 0.0213. The molecule has 0 aliphatic rings. The van der Waals surface area contributed by atoms with Gasteiger partial charge in [-0.25, -0.2) is 9.76 Å². The second kappa shape index (κ2) is 17.6. The maximum Gasteiger partial charge on any atom is 0.343 e. The summed E-state index contributed by atoms with van der Waals surface area (Å²) in [6.45, 7) is 1.39. The molecule has 1 aromatic rings. The zero-order chi connectivity index (χ0) is 22.1. The van der Waals surface area contributed by atoms with Gasteiger partial charge in [0.1, 0.15) is 0 Å². The van der Waals surface area contributed by atoms with Gasteiger partial charge in [0.2, 0.25) is 0 Å². The molecule has 2 unspecified atom stereocenters. The number of hydrogen-bond acceptors (Lipinski definition) is 4. The van der Waals surface area contributed by atoms with Crippen LogP contribution in [-0.4, -0.2) is 71.3 Å². The molecular weight excluding hydrogens is 485 g/mol. The number of aliphatic carboxylic acids is 1. The number of aliphatic hydroxyl groups excluding tert-OH is 1. The van der Waals surface area contributed by atoms with Crippen molar-refractivity contribution in [3.63, 3.8) is 0 Å². The van der Waals surface area contributed by atoms with Gasteiger partial charge < -0.3 is 14.7 Å². The molecule has 12 heteroatoms. The van der Waals surface area contributed by atoms with E-state index in [9.17, 15) is 9.36 Å². The van der Waals surface area contributed by atoms with Gasteiger partial charge in [0.05, 0.1) is 6.61 Å². The van der Waals surface area contributed by atoms with E-state index in [1.807, 2.05) is 6.07 Å². The Morgan fingerprint density at radius 3 is 2.17 bits per heavy atom. The fraction of sp³-hybridized carbons (Fsp3) is 0.588. The van der Waals surface area contributed by atoms with Crippen LogP contribution >= 0.6 is 54.1 Å². The van der Waals surface area contributed by atoms with Crippen LogP contribution in [-0.2, 0) is 13.9 Å². The number of aliphatic hydroxyl groups is 1. The van der Waals surface area contributed by atoms with Crippen LogP contribution in [0, 0.1) is 0 Å². The third kappa shape index (κ3) is 12.4. The van der Waals surface area contributed by atoms with E-state index in [0.29, 0.717) is 43.4 Å². The maximum absolute atomic E-state index is 12.7. The lowest BCUT2D eigenvalue weighted by Crippen LogP contribution is -2.33. The molecule has 29 heavy (non-hydrogen) atoms. The Hall–Kier alpha value is -0.0800. The number of alkyl halides is 4. The number of benzene rings is 1. The lowest BCUT2D eigenvalue weighted by molar-refractivity contribution is -0.136. The number of hydrogen-bond donors (Lipinski definition) is 3. The highest BCUT2D eigenvalue weighted by Crippen LogP contribution is 2.46. The van der Waals surface area contributed by atoms with Crippen LogP contribution in [0.4, 0.5) is 0 Å². The average Bonchev–Trinajstić information content (AvgIpc) is 2.73.